The van der Waals surface area contributed by atoms with Gasteiger partial charge in [-0.25, -0.2) is 8.78 Å². The summed E-state index contributed by atoms with van der Waals surface area (Å²) in [7, 11) is 0. The van der Waals surface area contributed by atoms with Crippen molar-refractivity contribution in [3.8, 4) is 0 Å². The lowest BCUT2D eigenvalue weighted by Gasteiger charge is -2.08. The highest BCUT2D eigenvalue weighted by Crippen LogP contribution is 2.14. The van der Waals surface area contributed by atoms with Gasteiger partial charge in [-0.15, -0.1) is 0 Å². The van der Waals surface area contributed by atoms with Gasteiger partial charge < -0.3 is 5.73 Å². The van der Waals surface area contributed by atoms with E-state index in [2.05, 4.69) is 0 Å². The van der Waals surface area contributed by atoms with E-state index in [4.69, 9.17) is 5.73 Å². The van der Waals surface area contributed by atoms with Crippen LogP contribution < -0.4 is 5.73 Å². The van der Waals surface area contributed by atoms with E-state index in [1.54, 1.807) is 0 Å². The fourth-order valence-electron chi connectivity index (χ4n) is 1.51. The van der Waals surface area contributed by atoms with Crippen molar-refractivity contribution >= 4 is 5.78 Å². The predicted octanol–water partition coefficient (Wildman–Crippen LogP) is 2.45. The van der Waals surface area contributed by atoms with Crippen LogP contribution in [0.5, 0.6) is 0 Å². The van der Waals surface area contributed by atoms with E-state index in [9.17, 15) is 13.6 Å². The third kappa shape index (κ3) is 4.23. The summed E-state index contributed by atoms with van der Waals surface area (Å²) in [5.74, 6) is -1.23. The zero-order valence-electron chi connectivity index (χ0n) is 9.88. The normalized spacial score (nSPS) is 12.5. The van der Waals surface area contributed by atoms with Gasteiger partial charge in [-0.2, -0.15) is 0 Å². The van der Waals surface area contributed by atoms with Crippen LogP contribution in [0.2, 0.25) is 0 Å². The first-order valence-corrected chi connectivity index (χ1v) is 5.69. The smallest absolute Gasteiger partial charge is 0.137 e. The number of hydrogen-bond donors (Lipinski definition) is 1. The Morgan fingerprint density at radius 2 is 1.94 bits per heavy atom. The lowest BCUT2D eigenvalue weighted by molar-refractivity contribution is -0.118. The maximum atomic E-state index is 13.3. The van der Waals surface area contributed by atoms with Gasteiger partial charge in [0.15, 0.2) is 0 Å². The van der Waals surface area contributed by atoms with Crippen molar-refractivity contribution < 1.29 is 13.6 Å². The summed E-state index contributed by atoms with van der Waals surface area (Å²) in [6.45, 7) is 2.46. The van der Waals surface area contributed by atoms with Gasteiger partial charge in [0, 0.05) is 18.4 Å². The molecule has 0 aliphatic carbocycles. The van der Waals surface area contributed by atoms with Gasteiger partial charge in [-0.1, -0.05) is 13.0 Å². The van der Waals surface area contributed by atoms with Crippen molar-refractivity contribution in [2.24, 2.45) is 11.7 Å². The Balaban J connectivity index is 2.56. The van der Waals surface area contributed by atoms with Crippen LogP contribution in [0.25, 0.3) is 0 Å². The molecule has 1 atom stereocenters. The highest BCUT2D eigenvalue weighted by Gasteiger charge is 2.13. The summed E-state index contributed by atoms with van der Waals surface area (Å²) < 4.78 is 26.5. The number of carbonyl (C=O) groups is 1. The largest absolute Gasteiger partial charge is 0.330 e. The summed E-state index contributed by atoms with van der Waals surface area (Å²) in [6, 6.07) is 3.61. The molecule has 0 heterocycles. The summed E-state index contributed by atoms with van der Waals surface area (Å²) in [6.07, 6.45) is 0.785. The number of Topliss-reactive ketones (excluding diaryl/α,β-unsaturated/α-hetero) is 1. The van der Waals surface area contributed by atoms with Gasteiger partial charge in [0.25, 0.3) is 0 Å². The Labute approximate surface area is 99.8 Å². The first-order chi connectivity index (χ1) is 8.04. The average molecular weight is 241 g/mol. The monoisotopic (exact) mass is 241 g/mol. The zero-order chi connectivity index (χ0) is 12.8. The van der Waals surface area contributed by atoms with Crippen molar-refractivity contribution in [1.82, 2.24) is 0 Å². The molecule has 0 saturated carbocycles. The van der Waals surface area contributed by atoms with Crippen LogP contribution >= 0.6 is 0 Å². The van der Waals surface area contributed by atoms with Gasteiger partial charge in [0.2, 0.25) is 0 Å². The van der Waals surface area contributed by atoms with Gasteiger partial charge in [-0.3, -0.25) is 4.79 Å². The molecule has 4 heteroatoms. The fourth-order valence-corrected chi connectivity index (χ4v) is 1.51. The summed E-state index contributed by atoms with van der Waals surface area (Å²) >= 11 is 0. The first kappa shape index (κ1) is 13.8. The second kappa shape index (κ2) is 6.45. The number of carbonyl (C=O) groups excluding carboxylic acids is 1. The molecule has 0 bridgehead atoms. The quantitative estimate of drug-likeness (QED) is 0.831. The zero-order valence-corrected chi connectivity index (χ0v) is 9.88. The fraction of sp³-hybridized carbons (Fsp3) is 0.462. The Bertz CT molecular complexity index is 373. The molecule has 2 nitrogen and oxygen atoms in total. The van der Waals surface area contributed by atoms with E-state index in [1.165, 1.54) is 6.07 Å². The molecule has 0 aliphatic rings. The molecular weight excluding hydrogens is 224 g/mol. The van der Waals surface area contributed by atoms with Gasteiger partial charge in [0.1, 0.15) is 17.4 Å². The standard InChI is InChI=1S/C13H17F2NO/c1-9(8-16)5-6-10(17)7-11-12(14)3-2-4-13(11)15/h2-4,9H,5-8,16H2,1H3. The Hall–Kier alpha value is -1.29. The first-order valence-electron chi connectivity index (χ1n) is 5.69. The molecule has 0 fully saturated rings. The Morgan fingerprint density at radius 3 is 2.47 bits per heavy atom. The molecule has 2 N–H and O–H groups in total. The van der Waals surface area contributed by atoms with E-state index in [0.717, 1.165) is 12.1 Å². The maximum Gasteiger partial charge on any atom is 0.137 e. The summed E-state index contributed by atoms with van der Waals surface area (Å²) in [4.78, 5) is 11.6. The molecule has 94 valence electrons. The third-order valence-corrected chi connectivity index (χ3v) is 2.75. The highest BCUT2D eigenvalue weighted by molar-refractivity contribution is 5.80. The van der Waals surface area contributed by atoms with Crippen LogP contribution in [-0.2, 0) is 11.2 Å². The molecule has 0 radical (unpaired) electrons. The van der Waals surface area contributed by atoms with Crippen LogP contribution in [0.15, 0.2) is 18.2 Å². The molecule has 1 aromatic carbocycles. The van der Waals surface area contributed by atoms with E-state index in [1.807, 2.05) is 6.92 Å². The van der Waals surface area contributed by atoms with E-state index < -0.39 is 11.6 Å². The van der Waals surface area contributed by atoms with E-state index >= 15 is 0 Å². The minimum absolute atomic E-state index is 0.141. The molecule has 0 spiro atoms. The van der Waals surface area contributed by atoms with Gasteiger partial charge in [0.05, 0.1) is 0 Å². The molecule has 0 aliphatic heterocycles. The number of hydrogen-bond acceptors (Lipinski definition) is 2. The second-order valence-electron chi connectivity index (χ2n) is 4.30. The Kier molecular flexibility index (Phi) is 5.22. The third-order valence-electron chi connectivity index (χ3n) is 2.75. The topological polar surface area (TPSA) is 43.1 Å². The number of nitrogens with two attached hydrogens (primary N) is 1. The maximum absolute atomic E-state index is 13.3. The minimum atomic E-state index is -0.662. The number of ketones is 1. The van der Waals surface area contributed by atoms with Crippen molar-refractivity contribution in [3.63, 3.8) is 0 Å². The number of benzene rings is 1. The average Bonchev–Trinajstić information content (AvgIpc) is 2.31. The van der Waals surface area contributed by atoms with Crippen molar-refractivity contribution in [1.29, 1.82) is 0 Å². The van der Waals surface area contributed by atoms with Crippen molar-refractivity contribution in [2.75, 3.05) is 6.54 Å². The van der Waals surface area contributed by atoms with Crippen LogP contribution in [0.4, 0.5) is 8.78 Å². The SMILES string of the molecule is CC(CN)CCC(=O)Cc1c(F)cccc1F. The molecule has 0 amide bonds. The molecule has 1 aromatic rings. The van der Waals surface area contributed by atoms with Crippen molar-refractivity contribution in [2.45, 2.75) is 26.2 Å². The van der Waals surface area contributed by atoms with Crippen molar-refractivity contribution in [3.05, 3.63) is 35.4 Å². The van der Waals surface area contributed by atoms with E-state index in [0.29, 0.717) is 19.4 Å². The second-order valence-corrected chi connectivity index (χ2v) is 4.30. The molecule has 17 heavy (non-hydrogen) atoms. The lowest BCUT2D eigenvalue weighted by atomic mass is 10.00. The highest BCUT2D eigenvalue weighted by atomic mass is 19.1. The Morgan fingerprint density at radius 1 is 1.35 bits per heavy atom. The van der Waals surface area contributed by atoms with E-state index in [-0.39, 0.29) is 23.7 Å². The van der Waals surface area contributed by atoms with Crippen LogP contribution in [0.3, 0.4) is 0 Å². The van der Waals surface area contributed by atoms with Crippen LogP contribution in [0, 0.1) is 17.6 Å². The molecule has 1 unspecified atom stereocenters. The van der Waals surface area contributed by atoms with Gasteiger partial charge in [-0.05, 0) is 31.0 Å². The van der Waals surface area contributed by atoms with Crippen LogP contribution in [0.1, 0.15) is 25.3 Å². The molecular formula is C13H17F2NO. The number of halogens is 2. The summed E-state index contributed by atoms with van der Waals surface area (Å²) in [5.41, 5.74) is 5.29. The summed E-state index contributed by atoms with van der Waals surface area (Å²) in [5, 5.41) is 0. The lowest BCUT2D eigenvalue weighted by Crippen LogP contribution is -2.13. The van der Waals surface area contributed by atoms with Gasteiger partial charge >= 0.3 is 0 Å². The molecule has 0 aromatic heterocycles. The molecule has 0 saturated heterocycles. The predicted molar refractivity (Wildman–Crippen MR) is 62.5 cm³/mol. The minimum Gasteiger partial charge on any atom is -0.330 e. The molecule has 1 rings (SSSR count). The van der Waals surface area contributed by atoms with Crippen LogP contribution in [-0.4, -0.2) is 12.3 Å². The number of rotatable bonds is 6.